The van der Waals surface area contributed by atoms with Gasteiger partial charge in [0.05, 0.1) is 16.8 Å². The smallest absolute Gasteiger partial charge is 0.307 e. The molecule has 0 fully saturated rings. The fraction of sp³-hybridized carbons (Fsp3) is 0.118. The van der Waals surface area contributed by atoms with Crippen LogP contribution in [0.4, 0.5) is 0 Å². The van der Waals surface area contributed by atoms with Crippen molar-refractivity contribution in [3.05, 3.63) is 65.9 Å². The number of aromatic nitrogens is 1. The Hall–Kier alpha value is -2.60. The summed E-state index contributed by atoms with van der Waals surface area (Å²) in [5.74, 6) is -0.955. The standard InChI is InChI=1S/C17H15NO4S/c1-12-2-6-15(7-3-12)23(21,22)18-9-8-14-5-4-13(10-16(14)18)11-17(19)20/h2-10H,11H2,1H3,(H,19,20). The van der Waals surface area contributed by atoms with Crippen molar-refractivity contribution < 1.29 is 18.3 Å². The predicted molar refractivity (Wildman–Crippen MR) is 87.0 cm³/mol. The highest BCUT2D eigenvalue weighted by Gasteiger charge is 2.19. The molecule has 0 unspecified atom stereocenters. The molecule has 1 heterocycles. The second-order valence-electron chi connectivity index (χ2n) is 5.39. The Morgan fingerprint density at radius 1 is 1.09 bits per heavy atom. The van der Waals surface area contributed by atoms with Crippen LogP contribution in [-0.4, -0.2) is 23.5 Å². The number of carbonyl (C=O) groups is 1. The lowest BCUT2D eigenvalue weighted by Gasteiger charge is -2.08. The Kier molecular flexibility index (Phi) is 3.69. The van der Waals surface area contributed by atoms with E-state index in [-0.39, 0.29) is 11.3 Å². The number of aliphatic carboxylic acids is 1. The van der Waals surface area contributed by atoms with E-state index in [1.165, 1.54) is 10.2 Å². The van der Waals surface area contributed by atoms with Crippen LogP contribution in [0.2, 0.25) is 0 Å². The van der Waals surface area contributed by atoms with E-state index in [4.69, 9.17) is 5.11 Å². The van der Waals surface area contributed by atoms with Crippen LogP contribution < -0.4 is 0 Å². The van der Waals surface area contributed by atoms with Gasteiger partial charge in [-0.25, -0.2) is 12.4 Å². The monoisotopic (exact) mass is 329 g/mol. The molecule has 6 heteroatoms. The van der Waals surface area contributed by atoms with E-state index in [2.05, 4.69) is 0 Å². The predicted octanol–water partition coefficient (Wildman–Crippen LogP) is 2.81. The number of carboxylic acids is 1. The van der Waals surface area contributed by atoms with Crippen LogP contribution in [0.1, 0.15) is 11.1 Å². The first-order valence-corrected chi connectivity index (χ1v) is 8.46. The van der Waals surface area contributed by atoms with Gasteiger partial charge in [0.1, 0.15) is 0 Å². The third-order valence-electron chi connectivity index (χ3n) is 3.65. The summed E-state index contributed by atoms with van der Waals surface area (Å²) in [6.45, 7) is 1.89. The molecule has 0 bridgehead atoms. The summed E-state index contributed by atoms with van der Waals surface area (Å²) in [5.41, 5.74) is 2.01. The first kappa shape index (κ1) is 15.3. The van der Waals surface area contributed by atoms with E-state index in [0.717, 1.165) is 10.9 Å². The maximum absolute atomic E-state index is 12.8. The number of benzene rings is 2. The van der Waals surface area contributed by atoms with Crippen molar-refractivity contribution >= 4 is 26.9 Å². The molecular weight excluding hydrogens is 314 g/mol. The number of hydrogen-bond donors (Lipinski definition) is 1. The van der Waals surface area contributed by atoms with Gasteiger partial charge in [-0.1, -0.05) is 29.8 Å². The van der Waals surface area contributed by atoms with Gasteiger partial charge in [-0.15, -0.1) is 0 Å². The van der Waals surface area contributed by atoms with Gasteiger partial charge in [0.25, 0.3) is 10.0 Å². The molecule has 118 valence electrons. The number of hydrogen-bond acceptors (Lipinski definition) is 3. The molecule has 5 nitrogen and oxygen atoms in total. The van der Waals surface area contributed by atoms with Crippen molar-refractivity contribution in [3.63, 3.8) is 0 Å². The van der Waals surface area contributed by atoms with Crippen LogP contribution in [0, 0.1) is 6.92 Å². The molecule has 0 radical (unpaired) electrons. The van der Waals surface area contributed by atoms with Crippen LogP contribution in [0.5, 0.6) is 0 Å². The van der Waals surface area contributed by atoms with E-state index in [1.54, 1.807) is 48.5 Å². The largest absolute Gasteiger partial charge is 0.481 e. The number of fused-ring (bicyclic) bond motifs is 1. The van der Waals surface area contributed by atoms with Gasteiger partial charge in [0, 0.05) is 11.6 Å². The molecule has 0 amide bonds. The van der Waals surface area contributed by atoms with Crippen molar-refractivity contribution in [3.8, 4) is 0 Å². The van der Waals surface area contributed by atoms with Gasteiger partial charge in [-0.05, 0) is 36.8 Å². The molecule has 0 saturated carbocycles. The van der Waals surface area contributed by atoms with Crippen LogP contribution in [0.3, 0.4) is 0 Å². The highest BCUT2D eigenvalue weighted by molar-refractivity contribution is 7.90. The van der Waals surface area contributed by atoms with Gasteiger partial charge >= 0.3 is 5.97 Å². The second-order valence-corrected chi connectivity index (χ2v) is 7.21. The number of nitrogens with zero attached hydrogens (tertiary/aromatic N) is 1. The van der Waals surface area contributed by atoms with Crippen molar-refractivity contribution in [1.29, 1.82) is 0 Å². The second kappa shape index (κ2) is 5.55. The summed E-state index contributed by atoms with van der Waals surface area (Å²) < 4.78 is 26.8. The molecule has 0 spiro atoms. The molecule has 3 rings (SSSR count). The Morgan fingerprint density at radius 2 is 1.78 bits per heavy atom. The van der Waals surface area contributed by atoms with E-state index in [0.29, 0.717) is 11.1 Å². The van der Waals surface area contributed by atoms with Crippen LogP contribution >= 0.6 is 0 Å². The molecule has 0 aliphatic heterocycles. The Bertz CT molecular complexity index is 985. The first-order valence-electron chi connectivity index (χ1n) is 7.02. The number of carboxylic acid groups (broad SMARTS) is 1. The van der Waals surface area contributed by atoms with E-state index in [1.807, 2.05) is 6.92 Å². The summed E-state index contributed by atoms with van der Waals surface area (Å²) in [6.07, 6.45) is 1.34. The highest BCUT2D eigenvalue weighted by Crippen LogP contribution is 2.23. The van der Waals surface area contributed by atoms with Crippen LogP contribution in [0.15, 0.2) is 59.6 Å². The maximum atomic E-state index is 12.8. The summed E-state index contributed by atoms with van der Waals surface area (Å²) in [7, 11) is -3.71. The third kappa shape index (κ3) is 2.85. The lowest BCUT2D eigenvalue weighted by Crippen LogP contribution is -2.12. The molecule has 2 aromatic carbocycles. The SMILES string of the molecule is Cc1ccc(S(=O)(=O)n2ccc3ccc(CC(=O)O)cc32)cc1. The molecule has 0 aliphatic carbocycles. The Labute approximate surface area is 133 Å². The summed E-state index contributed by atoms with van der Waals surface area (Å²) in [6, 6.07) is 13.4. The molecule has 1 aromatic heterocycles. The normalized spacial score (nSPS) is 11.7. The van der Waals surface area contributed by atoms with Crippen LogP contribution in [0.25, 0.3) is 10.9 Å². The topological polar surface area (TPSA) is 76.4 Å². The molecule has 0 atom stereocenters. The fourth-order valence-electron chi connectivity index (χ4n) is 2.47. The molecule has 1 N–H and O–H groups in total. The molecule has 23 heavy (non-hydrogen) atoms. The quantitative estimate of drug-likeness (QED) is 0.798. The van der Waals surface area contributed by atoms with Crippen molar-refractivity contribution in [2.45, 2.75) is 18.2 Å². The van der Waals surface area contributed by atoms with Crippen LogP contribution in [-0.2, 0) is 21.2 Å². The minimum atomic E-state index is -3.71. The van der Waals surface area contributed by atoms with Gasteiger partial charge in [-0.2, -0.15) is 0 Å². The average Bonchev–Trinajstić information content (AvgIpc) is 2.91. The third-order valence-corrected chi connectivity index (χ3v) is 5.36. The van der Waals surface area contributed by atoms with Crippen molar-refractivity contribution in [2.75, 3.05) is 0 Å². The minimum absolute atomic E-state index is 0.147. The van der Waals surface area contributed by atoms with Gasteiger partial charge in [0.15, 0.2) is 0 Å². The van der Waals surface area contributed by atoms with Gasteiger partial charge in [0.2, 0.25) is 0 Å². The van der Waals surface area contributed by atoms with Gasteiger partial charge in [-0.3, -0.25) is 4.79 Å². The maximum Gasteiger partial charge on any atom is 0.307 e. The summed E-state index contributed by atoms with van der Waals surface area (Å²) >= 11 is 0. The number of aryl methyl sites for hydroxylation is 1. The zero-order valence-corrected chi connectivity index (χ0v) is 13.2. The lowest BCUT2D eigenvalue weighted by molar-refractivity contribution is -0.136. The first-order chi connectivity index (χ1) is 10.9. The molecule has 0 saturated heterocycles. The van der Waals surface area contributed by atoms with Gasteiger partial charge < -0.3 is 5.11 Å². The zero-order valence-electron chi connectivity index (χ0n) is 12.4. The van der Waals surface area contributed by atoms with E-state index in [9.17, 15) is 13.2 Å². The molecule has 3 aromatic rings. The molecule has 0 aliphatic rings. The fourth-order valence-corrected chi connectivity index (χ4v) is 3.81. The summed E-state index contributed by atoms with van der Waals surface area (Å²) in [5, 5.41) is 9.64. The van der Waals surface area contributed by atoms with E-state index < -0.39 is 16.0 Å². The minimum Gasteiger partial charge on any atom is -0.481 e. The molecular formula is C17H15NO4S. The Balaban J connectivity index is 2.15. The van der Waals surface area contributed by atoms with E-state index >= 15 is 0 Å². The summed E-state index contributed by atoms with van der Waals surface area (Å²) in [4.78, 5) is 11.1. The van der Waals surface area contributed by atoms with Crippen molar-refractivity contribution in [2.24, 2.45) is 0 Å². The lowest BCUT2D eigenvalue weighted by atomic mass is 10.1. The van der Waals surface area contributed by atoms with Crippen molar-refractivity contribution in [1.82, 2.24) is 3.97 Å². The zero-order chi connectivity index (χ0) is 16.6. The average molecular weight is 329 g/mol. The number of rotatable bonds is 4. The Morgan fingerprint density at radius 3 is 2.43 bits per heavy atom. The highest BCUT2D eigenvalue weighted by atomic mass is 32.2.